The zero-order valence-corrected chi connectivity index (χ0v) is 15.5. The zero-order chi connectivity index (χ0) is 20.1. The summed E-state index contributed by atoms with van der Waals surface area (Å²) in [6.07, 6.45) is 0.163. The van der Waals surface area contributed by atoms with E-state index in [-0.39, 0.29) is 23.2 Å². The lowest BCUT2D eigenvalue weighted by atomic mass is 10.1. The summed E-state index contributed by atoms with van der Waals surface area (Å²) < 4.78 is 18.6. The van der Waals surface area contributed by atoms with E-state index in [1.807, 2.05) is 16.7 Å². The van der Waals surface area contributed by atoms with Crippen LogP contribution in [0.5, 0.6) is 28.7 Å². The summed E-state index contributed by atoms with van der Waals surface area (Å²) in [5.41, 5.74) is 7.97. The fourth-order valence-corrected chi connectivity index (χ4v) is 3.57. The van der Waals surface area contributed by atoms with Gasteiger partial charge in [0.1, 0.15) is 0 Å². The van der Waals surface area contributed by atoms with Crippen LogP contribution in [0.2, 0.25) is 0 Å². The second-order valence-corrected chi connectivity index (χ2v) is 6.75. The van der Waals surface area contributed by atoms with Crippen molar-refractivity contribution in [3.8, 4) is 28.7 Å². The van der Waals surface area contributed by atoms with E-state index >= 15 is 0 Å². The number of hydrogen-bond donors (Lipinski definition) is 4. The molecular weight excluding hydrogens is 378 g/mol. The number of phenols is 2. The number of aromatic nitrogens is 2. The predicted octanol–water partition coefficient (Wildman–Crippen LogP) is 1.90. The average molecular weight is 397 g/mol. The normalized spacial score (nSPS) is 17.8. The maximum absolute atomic E-state index is 10.1. The fourth-order valence-electron chi connectivity index (χ4n) is 3.57. The molecule has 10 nitrogen and oxygen atoms in total. The van der Waals surface area contributed by atoms with Gasteiger partial charge in [-0.3, -0.25) is 9.88 Å². The van der Waals surface area contributed by atoms with Gasteiger partial charge in [0.2, 0.25) is 11.7 Å². The van der Waals surface area contributed by atoms with Gasteiger partial charge < -0.3 is 30.2 Å². The van der Waals surface area contributed by atoms with Crippen molar-refractivity contribution in [2.45, 2.75) is 12.6 Å². The number of phenolic OH excluding ortho intramolecular Hbond substituents is 2. The first-order valence-electron chi connectivity index (χ1n) is 9.07. The summed E-state index contributed by atoms with van der Waals surface area (Å²) in [5.74, 6) is 1.41. The molecule has 3 aromatic rings. The minimum Gasteiger partial charge on any atom is -0.504 e. The molecule has 29 heavy (non-hydrogen) atoms. The van der Waals surface area contributed by atoms with Crippen LogP contribution in [0.15, 0.2) is 29.3 Å². The molecule has 0 bridgehead atoms. The van der Waals surface area contributed by atoms with Gasteiger partial charge in [-0.2, -0.15) is 0 Å². The monoisotopic (exact) mass is 397 g/mol. The zero-order valence-electron chi connectivity index (χ0n) is 15.5. The lowest BCUT2D eigenvalue weighted by Gasteiger charge is -2.24. The second kappa shape index (κ2) is 6.36. The lowest BCUT2D eigenvalue weighted by Crippen LogP contribution is -2.31. The highest BCUT2D eigenvalue weighted by atomic mass is 16.5. The number of fused-ring (bicyclic) bond motifs is 4. The number of nitrogens with zero attached hydrogens (tertiary/aromatic N) is 3. The number of guanidine groups is 1. The topological polar surface area (TPSA) is 136 Å². The fraction of sp³-hybridized carbons (Fsp3) is 0.263. The summed E-state index contributed by atoms with van der Waals surface area (Å²) >= 11 is 0. The van der Waals surface area contributed by atoms with E-state index < -0.39 is 6.17 Å². The molecule has 10 heteroatoms. The Bertz CT molecular complexity index is 1160. The third-order valence-corrected chi connectivity index (χ3v) is 4.90. The smallest absolute Gasteiger partial charge is 0.212 e. The minimum absolute atomic E-state index is 0.129. The Hall–Kier alpha value is -3.82. The molecular formula is C19H19N5O5. The Balaban J connectivity index is 1.71. The number of hydrogen-bond acceptors (Lipinski definition) is 9. The summed E-state index contributed by atoms with van der Waals surface area (Å²) in [6, 6.07) is 6.70. The van der Waals surface area contributed by atoms with E-state index in [1.165, 1.54) is 13.2 Å². The minimum atomic E-state index is -0.638. The molecule has 0 radical (unpaired) electrons. The number of nitrogens with one attached hydrogen (secondary N) is 1. The van der Waals surface area contributed by atoms with E-state index in [9.17, 15) is 10.2 Å². The summed E-state index contributed by atoms with van der Waals surface area (Å²) in [7, 11) is 1.41. The molecule has 5 rings (SSSR count). The molecule has 0 saturated carbocycles. The molecule has 0 unspecified atom stereocenters. The summed E-state index contributed by atoms with van der Waals surface area (Å²) in [6.45, 7) is 1.14. The summed E-state index contributed by atoms with van der Waals surface area (Å²) in [5, 5.41) is 23.0. The maximum atomic E-state index is 10.1. The molecule has 1 atom stereocenters. The van der Waals surface area contributed by atoms with Gasteiger partial charge in [-0.05, 0) is 12.1 Å². The quantitative estimate of drug-likeness (QED) is 0.481. The molecule has 0 saturated heterocycles. The van der Waals surface area contributed by atoms with Gasteiger partial charge in [0.15, 0.2) is 35.1 Å². The van der Waals surface area contributed by atoms with Gasteiger partial charge in [-0.1, -0.05) is 0 Å². The van der Waals surface area contributed by atoms with Gasteiger partial charge in [0.25, 0.3) is 0 Å². The molecule has 0 amide bonds. The van der Waals surface area contributed by atoms with Crippen molar-refractivity contribution in [1.82, 2.24) is 9.55 Å². The average Bonchev–Trinajstić information content (AvgIpc) is 2.89. The van der Waals surface area contributed by atoms with Crippen molar-refractivity contribution in [2.24, 2.45) is 10.7 Å². The van der Waals surface area contributed by atoms with Crippen molar-refractivity contribution in [3.63, 3.8) is 0 Å². The van der Waals surface area contributed by atoms with E-state index in [0.29, 0.717) is 41.7 Å². The van der Waals surface area contributed by atoms with Crippen molar-refractivity contribution < 1.29 is 24.4 Å². The van der Waals surface area contributed by atoms with E-state index in [1.54, 1.807) is 6.07 Å². The van der Waals surface area contributed by atoms with Crippen LogP contribution >= 0.6 is 0 Å². The van der Waals surface area contributed by atoms with Crippen LogP contribution in [0.3, 0.4) is 0 Å². The molecule has 2 aliphatic heterocycles. The van der Waals surface area contributed by atoms with Crippen LogP contribution in [0.1, 0.15) is 18.2 Å². The largest absolute Gasteiger partial charge is 0.504 e. The standard InChI is InChI=1S/C19H19N5O5/c1-27-15-6-9(5-12(25)16(15)26)17-22-18(20)23-19-21-10-7-13-14(8-11(10)24(17)19)29-4-2-3-28-13/h5-8,17,25-26H,2-4H2,1H3,(H3,20,21,22,23)/t17-/m1/s1. The van der Waals surface area contributed by atoms with Crippen molar-refractivity contribution >= 4 is 22.9 Å². The third kappa shape index (κ3) is 2.72. The van der Waals surface area contributed by atoms with Crippen LogP contribution in [-0.2, 0) is 0 Å². The molecule has 5 N–H and O–H groups in total. The van der Waals surface area contributed by atoms with Crippen LogP contribution < -0.4 is 25.3 Å². The van der Waals surface area contributed by atoms with Gasteiger partial charge >= 0.3 is 0 Å². The highest BCUT2D eigenvalue weighted by Crippen LogP contribution is 2.42. The van der Waals surface area contributed by atoms with Crippen LogP contribution in [0, 0.1) is 0 Å². The van der Waals surface area contributed by atoms with Gasteiger partial charge in [0, 0.05) is 24.1 Å². The van der Waals surface area contributed by atoms with Crippen LogP contribution in [0.25, 0.3) is 11.0 Å². The first-order chi connectivity index (χ1) is 14.0. The Kier molecular flexibility index (Phi) is 3.79. The van der Waals surface area contributed by atoms with E-state index in [2.05, 4.69) is 15.3 Å². The molecule has 3 heterocycles. The Morgan fingerprint density at radius 2 is 1.93 bits per heavy atom. The van der Waals surface area contributed by atoms with Gasteiger partial charge in [-0.15, -0.1) is 0 Å². The SMILES string of the molecule is COc1cc([C@@H]2N=C(N)Nc3nc4cc5c(cc4n32)OCCCO5)cc(O)c1O. The second-order valence-electron chi connectivity index (χ2n) is 6.75. The number of benzene rings is 2. The highest BCUT2D eigenvalue weighted by molar-refractivity contribution is 5.95. The van der Waals surface area contributed by atoms with Crippen molar-refractivity contribution in [1.29, 1.82) is 0 Å². The van der Waals surface area contributed by atoms with Gasteiger partial charge in [0.05, 0.1) is 31.4 Å². The number of aliphatic imine (C=N–C) groups is 1. The Labute approximate surface area is 165 Å². The van der Waals surface area contributed by atoms with E-state index in [0.717, 1.165) is 11.9 Å². The maximum Gasteiger partial charge on any atom is 0.212 e. The highest BCUT2D eigenvalue weighted by Gasteiger charge is 2.28. The molecule has 2 aliphatic rings. The number of rotatable bonds is 2. The number of aromatic hydroxyl groups is 2. The van der Waals surface area contributed by atoms with E-state index in [4.69, 9.17) is 19.9 Å². The third-order valence-electron chi connectivity index (χ3n) is 4.90. The van der Waals surface area contributed by atoms with Gasteiger partial charge in [-0.25, -0.2) is 9.98 Å². The summed E-state index contributed by atoms with van der Waals surface area (Å²) in [4.78, 5) is 9.09. The van der Waals surface area contributed by atoms with Crippen molar-refractivity contribution in [2.75, 3.05) is 25.6 Å². The first-order valence-corrected chi connectivity index (χ1v) is 9.07. The molecule has 0 fully saturated rings. The molecule has 1 aromatic heterocycles. The van der Waals surface area contributed by atoms with Crippen LogP contribution in [-0.4, -0.2) is 46.0 Å². The first kappa shape index (κ1) is 17.3. The van der Waals surface area contributed by atoms with Crippen LogP contribution in [0.4, 0.5) is 5.95 Å². The number of methoxy groups -OCH3 is 1. The lowest BCUT2D eigenvalue weighted by molar-refractivity contribution is 0.297. The molecule has 0 aliphatic carbocycles. The number of anilines is 1. The molecule has 150 valence electrons. The Morgan fingerprint density at radius 3 is 2.69 bits per heavy atom. The number of ether oxygens (including phenoxy) is 3. The number of nitrogens with two attached hydrogens (primary N) is 1. The Morgan fingerprint density at radius 1 is 1.17 bits per heavy atom. The number of imidazole rings is 1. The molecule has 0 spiro atoms. The van der Waals surface area contributed by atoms with Crippen molar-refractivity contribution in [3.05, 3.63) is 29.8 Å². The molecule has 2 aromatic carbocycles. The predicted molar refractivity (Wildman–Crippen MR) is 105 cm³/mol.